The molecule has 0 amide bonds. The van der Waals surface area contributed by atoms with Gasteiger partial charge in [-0.15, -0.1) is 0 Å². The minimum atomic E-state index is -0.781. The molecule has 0 bridgehead atoms. The van der Waals surface area contributed by atoms with Crippen LogP contribution in [-0.4, -0.2) is 59.4 Å². The second kappa shape index (κ2) is 8.11. The van der Waals surface area contributed by atoms with Gasteiger partial charge in [-0.3, -0.25) is 9.69 Å². The van der Waals surface area contributed by atoms with Gasteiger partial charge in [-0.25, -0.2) is 0 Å². The molecule has 3 unspecified atom stereocenters. The number of piperidine rings is 1. The van der Waals surface area contributed by atoms with E-state index in [1.54, 1.807) is 0 Å². The largest absolute Gasteiger partial charge is 0.480 e. The van der Waals surface area contributed by atoms with E-state index in [2.05, 4.69) is 5.32 Å². The molecule has 0 spiro atoms. The van der Waals surface area contributed by atoms with E-state index in [-0.39, 0.29) is 18.6 Å². The van der Waals surface area contributed by atoms with Crippen LogP contribution in [0.2, 0.25) is 0 Å². The molecule has 1 aliphatic carbocycles. The Bertz CT molecular complexity index is 331. The lowest BCUT2D eigenvalue weighted by Gasteiger charge is -2.39. The van der Waals surface area contributed by atoms with Gasteiger partial charge < -0.3 is 15.5 Å². The van der Waals surface area contributed by atoms with E-state index in [1.165, 1.54) is 25.7 Å². The highest BCUT2D eigenvalue weighted by Gasteiger charge is 2.31. The average molecular weight is 298 g/mol. The van der Waals surface area contributed by atoms with Gasteiger partial charge in [0.25, 0.3) is 0 Å². The molecule has 1 heterocycles. The number of hydrogen-bond donors (Lipinski definition) is 3. The summed E-state index contributed by atoms with van der Waals surface area (Å²) in [6, 6.07) is 0.310. The fraction of sp³-hybridized carbons (Fsp3) is 0.938. The predicted molar refractivity (Wildman–Crippen MR) is 82.2 cm³/mol. The fourth-order valence-corrected chi connectivity index (χ4v) is 3.86. The summed E-state index contributed by atoms with van der Waals surface area (Å²) in [5.74, 6) is 0.190. The van der Waals surface area contributed by atoms with Crippen LogP contribution >= 0.6 is 0 Å². The second-order valence-electron chi connectivity index (χ2n) is 6.81. The first-order valence-corrected chi connectivity index (χ1v) is 8.44. The second-order valence-corrected chi connectivity index (χ2v) is 6.81. The van der Waals surface area contributed by atoms with E-state index in [0.717, 1.165) is 31.8 Å². The van der Waals surface area contributed by atoms with Gasteiger partial charge in [0, 0.05) is 19.1 Å². The third-order valence-corrected chi connectivity index (χ3v) is 5.05. The van der Waals surface area contributed by atoms with Crippen molar-refractivity contribution in [2.75, 3.05) is 26.2 Å². The smallest absolute Gasteiger partial charge is 0.317 e. The van der Waals surface area contributed by atoms with Crippen molar-refractivity contribution >= 4 is 5.97 Å². The Morgan fingerprint density at radius 3 is 2.67 bits per heavy atom. The molecule has 3 atom stereocenters. The highest BCUT2D eigenvalue weighted by atomic mass is 16.4. The van der Waals surface area contributed by atoms with Gasteiger partial charge in [-0.1, -0.05) is 19.8 Å². The Balaban J connectivity index is 1.86. The molecular formula is C16H30N2O3. The van der Waals surface area contributed by atoms with Gasteiger partial charge in [0.2, 0.25) is 0 Å². The molecular weight excluding hydrogens is 268 g/mol. The lowest BCUT2D eigenvalue weighted by atomic mass is 9.88. The van der Waals surface area contributed by atoms with Gasteiger partial charge in [-0.2, -0.15) is 0 Å². The Kier molecular flexibility index (Phi) is 6.45. The number of rotatable bonds is 7. The summed E-state index contributed by atoms with van der Waals surface area (Å²) in [7, 11) is 0. The molecule has 5 heteroatoms. The zero-order chi connectivity index (χ0) is 15.2. The summed E-state index contributed by atoms with van der Waals surface area (Å²) in [4.78, 5) is 12.9. The molecule has 2 rings (SSSR count). The molecule has 0 radical (unpaired) electrons. The van der Waals surface area contributed by atoms with Crippen LogP contribution in [-0.2, 0) is 4.79 Å². The molecule has 1 saturated heterocycles. The zero-order valence-electron chi connectivity index (χ0n) is 13.1. The van der Waals surface area contributed by atoms with E-state index < -0.39 is 5.97 Å². The van der Waals surface area contributed by atoms with Crippen LogP contribution in [0.25, 0.3) is 0 Å². The van der Waals surface area contributed by atoms with Crippen LogP contribution in [0, 0.1) is 11.8 Å². The molecule has 0 aromatic carbocycles. The Morgan fingerprint density at radius 2 is 2.05 bits per heavy atom. The molecule has 3 N–H and O–H groups in total. The van der Waals surface area contributed by atoms with Crippen molar-refractivity contribution in [3.8, 4) is 0 Å². The number of hydrogen-bond acceptors (Lipinski definition) is 4. The van der Waals surface area contributed by atoms with Crippen molar-refractivity contribution in [2.24, 2.45) is 11.8 Å². The Labute approximate surface area is 127 Å². The van der Waals surface area contributed by atoms with Crippen LogP contribution in [0.1, 0.15) is 45.4 Å². The van der Waals surface area contributed by atoms with Crippen molar-refractivity contribution < 1.29 is 15.0 Å². The summed E-state index contributed by atoms with van der Waals surface area (Å²) in [5.41, 5.74) is 0. The number of carboxylic acid groups (broad SMARTS) is 1. The first kappa shape index (κ1) is 16.7. The minimum Gasteiger partial charge on any atom is -0.480 e. The van der Waals surface area contributed by atoms with Crippen molar-refractivity contribution in [2.45, 2.75) is 57.6 Å². The highest BCUT2D eigenvalue weighted by molar-refractivity contribution is 5.69. The van der Waals surface area contributed by atoms with Crippen molar-refractivity contribution in [1.82, 2.24) is 10.2 Å². The van der Waals surface area contributed by atoms with Crippen LogP contribution in [0.3, 0.4) is 0 Å². The Morgan fingerprint density at radius 1 is 1.33 bits per heavy atom. The Hall–Kier alpha value is -0.650. The zero-order valence-corrected chi connectivity index (χ0v) is 13.1. The summed E-state index contributed by atoms with van der Waals surface area (Å²) in [5, 5.41) is 22.8. The van der Waals surface area contributed by atoms with Crippen LogP contribution in [0.15, 0.2) is 0 Å². The molecule has 0 aromatic rings. The summed E-state index contributed by atoms with van der Waals surface area (Å²) in [6.07, 6.45) is 6.70. The van der Waals surface area contributed by atoms with Gasteiger partial charge >= 0.3 is 5.97 Å². The van der Waals surface area contributed by atoms with Gasteiger partial charge in [0.15, 0.2) is 0 Å². The molecule has 1 aliphatic heterocycles. The fourth-order valence-electron chi connectivity index (χ4n) is 3.86. The number of aliphatic hydroxyl groups excluding tert-OH is 1. The molecule has 2 fully saturated rings. The van der Waals surface area contributed by atoms with Gasteiger partial charge in [0.1, 0.15) is 0 Å². The van der Waals surface area contributed by atoms with E-state index >= 15 is 0 Å². The monoisotopic (exact) mass is 298 g/mol. The van der Waals surface area contributed by atoms with E-state index in [4.69, 9.17) is 5.11 Å². The molecule has 21 heavy (non-hydrogen) atoms. The number of carboxylic acids is 1. The SMILES string of the molecule is CCC(O)C1CC(NCC2CCCC2)CN(CC(=O)O)C1. The van der Waals surface area contributed by atoms with Crippen LogP contribution < -0.4 is 5.32 Å². The lowest BCUT2D eigenvalue weighted by molar-refractivity contribution is -0.139. The highest BCUT2D eigenvalue weighted by Crippen LogP contribution is 2.25. The number of nitrogens with one attached hydrogen (secondary N) is 1. The number of likely N-dealkylation sites (tertiary alicyclic amines) is 1. The molecule has 0 aromatic heterocycles. The third kappa shape index (κ3) is 5.24. The normalized spacial score (nSPS) is 29.6. The van der Waals surface area contributed by atoms with Crippen molar-refractivity contribution in [3.63, 3.8) is 0 Å². The number of aliphatic hydroxyl groups is 1. The van der Waals surface area contributed by atoms with Crippen LogP contribution in [0.4, 0.5) is 0 Å². The maximum Gasteiger partial charge on any atom is 0.317 e. The quantitative estimate of drug-likeness (QED) is 0.661. The molecule has 5 nitrogen and oxygen atoms in total. The first-order chi connectivity index (χ1) is 10.1. The lowest BCUT2D eigenvalue weighted by Crippen LogP contribution is -2.53. The topological polar surface area (TPSA) is 72.8 Å². The summed E-state index contributed by atoms with van der Waals surface area (Å²) >= 11 is 0. The summed E-state index contributed by atoms with van der Waals surface area (Å²) in [6.45, 7) is 4.59. The minimum absolute atomic E-state index is 0.0779. The van der Waals surface area contributed by atoms with Gasteiger partial charge in [-0.05, 0) is 44.1 Å². The van der Waals surface area contributed by atoms with Gasteiger partial charge in [0.05, 0.1) is 12.6 Å². The first-order valence-electron chi connectivity index (χ1n) is 8.44. The molecule has 1 saturated carbocycles. The maximum atomic E-state index is 11.0. The molecule has 122 valence electrons. The van der Waals surface area contributed by atoms with Crippen molar-refractivity contribution in [3.05, 3.63) is 0 Å². The predicted octanol–water partition coefficient (Wildman–Crippen LogP) is 1.31. The number of aliphatic carboxylic acids is 1. The maximum absolute atomic E-state index is 11.0. The van der Waals surface area contributed by atoms with E-state index in [0.29, 0.717) is 12.6 Å². The number of nitrogens with zero attached hydrogens (tertiary/aromatic N) is 1. The third-order valence-electron chi connectivity index (χ3n) is 5.05. The van der Waals surface area contributed by atoms with Crippen LogP contribution in [0.5, 0.6) is 0 Å². The van der Waals surface area contributed by atoms with Crippen molar-refractivity contribution in [1.29, 1.82) is 0 Å². The standard InChI is InChI=1S/C16H30N2O3/c1-2-15(19)13-7-14(10-18(9-13)11-16(20)21)17-8-12-5-3-4-6-12/h12-15,17,19H,2-11H2,1H3,(H,20,21). The molecule has 2 aliphatic rings. The van der Waals surface area contributed by atoms with E-state index in [9.17, 15) is 9.90 Å². The number of carbonyl (C=O) groups is 1. The van der Waals surface area contributed by atoms with E-state index in [1.807, 2.05) is 11.8 Å². The summed E-state index contributed by atoms with van der Waals surface area (Å²) < 4.78 is 0. The average Bonchev–Trinajstić information content (AvgIpc) is 2.96.